The molecule has 0 saturated carbocycles. The van der Waals surface area contributed by atoms with E-state index in [1.165, 1.54) is 0 Å². The molecule has 3 aliphatic rings. The van der Waals surface area contributed by atoms with Crippen molar-refractivity contribution in [3.63, 3.8) is 0 Å². The van der Waals surface area contributed by atoms with Gasteiger partial charge in [0.2, 0.25) is 5.91 Å². The molecule has 2 aromatic rings. The molecule has 0 radical (unpaired) electrons. The lowest BCUT2D eigenvalue weighted by atomic mass is 9.66. The van der Waals surface area contributed by atoms with E-state index < -0.39 is 29.0 Å². The predicted molar refractivity (Wildman–Crippen MR) is 126 cm³/mol. The lowest BCUT2D eigenvalue weighted by Gasteiger charge is -2.57. The number of carbonyl (C=O) groups excluding carboxylic acids is 3. The summed E-state index contributed by atoms with van der Waals surface area (Å²) in [7, 11) is 0. The molecule has 1 spiro atoms. The molecule has 8 heteroatoms. The normalized spacial score (nSPS) is 21.2. The third-order valence-corrected chi connectivity index (χ3v) is 7.70. The molecule has 5 rings (SSSR count). The van der Waals surface area contributed by atoms with Crippen LogP contribution in [0.2, 0.25) is 0 Å². The van der Waals surface area contributed by atoms with Crippen molar-refractivity contribution in [3.05, 3.63) is 70.8 Å². The summed E-state index contributed by atoms with van der Waals surface area (Å²) in [6.45, 7) is 5.87. The third kappa shape index (κ3) is 3.79. The van der Waals surface area contributed by atoms with Crippen LogP contribution >= 0.6 is 0 Å². The molecule has 184 valence electrons. The molecule has 6 nitrogen and oxygen atoms in total. The highest BCUT2D eigenvalue weighted by Crippen LogP contribution is 2.49. The smallest absolute Gasteiger partial charge is 0.254 e. The minimum atomic E-state index is -0.803. The molecule has 1 atom stereocenters. The van der Waals surface area contributed by atoms with Gasteiger partial charge in [-0.15, -0.1) is 0 Å². The first-order chi connectivity index (χ1) is 16.7. The van der Waals surface area contributed by atoms with E-state index in [1.54, 1.807) is 11.0 Å². The molecule has 2 aromatic carbocycles. The van der Waals surface area contributed by atoms with Gasteiger partial charge in [-0.3, -0.25) is 14.4 Å². The summed E-state index contributed by atoms with van der Waals surface area (Å²) in [6.07, 6.45) is 1.77. The highest BCUT2D eigenvalue weighted by molar-refractivity contribution is 6.02. The van der Waals surface area contributed by atoms with Crippen LogP contribution in [0.15, 0.2) is 42.5 Å². The quantitative estimate of drug-likeness (QED) is 0.670. The van der Waals surface area contributed by atoms with Gasteiger partial charge >= 0.3 is 0 Å². The number of carbonyl (C=O) groups is 3. The Balaban J connectivity index is 1.52. The number of halogens is 2. The maximum Gasteiger partial charge on any atom is 0.254 e. The lowest BCUT2D eigenvalue weighted by molar-refractivity contribution is -0.142. The number of hydrogen-bond acceptors (Lipinski definition) is 3. The molecule has 2 fully saturated rings. The summed E-state index contributed by atoms with van der Waals surface area (Å²) in [6, 6.07) is 9.99. The van der Waals surface area contributed by atoms with Gasteiger partial charge in [-0.25, -0.2) is 8.78 Å². The van der Waals surface area contributed by atoms with E-state index in [0.29, 0.717) is 31.5 Å². The zero-order valence-corrected chi connectivity index (χ0v) is 20.0. The highest BCUT2D eigenvalue weighted by atomic mass is 19.1. The van der Waals surface area contributed by atoms with Gasteiger partial charge in [-0.05, 0) is 56.9 Å². The van der Waals surface area contributed by atoms with Crippen molar-refractivity contribution in [1.82, 2.24) is 14.7 Å². The van der Waals surface area contributed by atoms with Gasteiger partial charge in [0.1, 0.15) is 11.6 Å². The Bertz CT molecular complexity index is 1170. The molecule has 0 aromatic heterocycles. The molecule has 0 aliphatic carbocycles. The van der Waals surface area contributed by atoms with Gasteiger partial charge in [-0.1, -0.05) is 18.2 Å². The van der Waals surface area contributed by atoms with Gasteiger partial charge in [0.05, 0.1) is 11.5 Å². The third-order valence-electron chi connectivity index (χ3n) is 7.70. The summed E-state index contributed by atoms with van der Waals surface area (Å²) in [5.41, 5.74) is 0.478. The molecular weight excluding hydrogens is 452 g/mol. The highest BCUT2D eigenvalue weighted by Gasteiger charge is 2.57. The van der Waals surface area contributed by atoms with Gasteiger partial charge in [0.15, 0.2) is 0 Å². The van der Waals surface area contributed by atoms with Gasteiger partial charge < -0.3 is 14.7 Å². The number of benzene rings is 2. The topological polar surface area (TPSA) is 60.9 Å². The number of piperidine rings is 1. The van der Waals surface area contributed by atoms with E-state index in [4.69, 9.17) is 0 Å². The summed E-state index contributed by atoms with van der Waals surface area (Å²) in [5, 5.41) is 0. The van der Waals surface area contributed by atoms with Gasteiger partial charge in [-0.2, -0.15) is 0 Å². The van der Waals surface area contributed by atoms with Crippen molar-refractivity contribution in [3.8, 4) is 0 Å². The van der Waals surface area contributed by atoms with E-state index in [-0.39, 0.29) is 36.5 Å². The second-order valence-electron chi connectivity index (χ2n) is 10.0. The first-order valence-electron chi connectivity index (χ1n) is 12.2. The number of likely N-dealkylation sites (tertiary alicyclic amines) is 2. The molecule has 3 aliphatic heterocycles. The van der Waals surface area contributed by atoms with Crippen molar-refractivity contribution in [2.45, 2.75) is 50.6 Å². The van der Waals surface area contributed by atoms with Crippen LogP contribution in [0.3, 0.4) is 0 Å². The predicted octanol–water partition coefficient (Wildman–Crippen LogP) is 3.82. The molecule has 35 heavy (non-hydrogen) atoms. The van der Waals surface area contributed by atoms with Crippen LogP contribution in [0, 0.1) is 11.6 Å². The minimum Gasteiger partial charge on any atom is -0.342 e. The SMILES string of the molecule is CC(C)N1C(=O)c2ccccc2C(C(=O)N2CCC2)C12CCN(C(=O)c1cc(F)cc(F)c1)CC2. The fourth-order valence-electron chi connectivity index (χ4n) is 6.02. The van der Waals surface area contributed by atoms with Crippen molar-refractivity contribution < 1.29 is 23.2 Å². The Morgan fingerprint density at radius 1 is 0.943 bits per heavy atom. The molecule has 3 heterocycles. The van der Waals surface area contributed by atoms with Gasteiger partial charge in [0.25, 0.3) is 11.8 Å². The van der Waals surface area contributed by atoms with E-state index in [1.807, 2.05) is 41.8 Å². The van der Waals surface area contributed by atoms with Crippen LogP contribution < -0.4 is 0 Å². The average molecular weight is 482 g/mol. The van der Waals surface area contributed by atoms with Crippen LogP contribution in [-0.4, -0.2) is 70.2 Å². The van der Waals surface area contributed by atoms with Crippen LogP contribution in [0.5, 0.6) is 0 Å². The van der Waals surface area contributed by atoms with E-state index >= 15 is 0 Å². The summed E-state index contributed by atoms with van der Waals surface area (Å²) in [4.78, 5) is 45.9. The van der Waals surface area contributed by atoms with E-state index in [9.17, 15) is 23.2 Å². The second-order valence-corrected chi connectivity index (χ2v) is 10.0. The second kappa shape index (κ2) is 8.73. The fourth-order valence-corrected chi connectivity index (χ4v) is 6.02. The Morgan fingerprint density at radius 3 is 2.14 bits per heavy atom. The zero-order chi connectivity index (χ0) is 24.9. The standard InChI is InChI=1S/C27H29F2N3O3/c1-17(2)32-25(34)22-7-4-3-6-21(22)23(26(35)30-10-5-11-30)27(32)8-12-31(13-9-27)24(33)18-14-19(28)16-20(29)15-18/h3-4,6-7,14-17,23H,5,8-13H2,1-2H3. The molecule has 0 bridgehead atoms. The number of rotatable bonds is 3. The largest absolute Gasteiger partial charge is 0.342 e. The summed E-state index contributed by atoms with van der Waals surface area (Å²) < 4.78 is 27.4. The number of hydrogen-bond donors (Lipinski definition) is 0. The Kier molecular flexibility index (Phi) is 5.85. The maximum absolute atomic E-state index is 13.8. The van der Waals surface area contributed by atoms with Crippen LogP contribution in [-0.2, 0) is 4.79 Å². The van der Waals surface area contributed by atoms with Crippen molar-refractivity contribution in [1.29, 1.82) is 0 Å². The van der Waals surface area contributed by atoms with Crippen molar-refractivity contribution in [2.75, 3.05) is 26.2 Å². The summed E-state index contributed by atoms with van der Waals surface area (Å²) >= 11 is 0. The fraction of sp³-hybridized carbons (Fsp3) is 0.444. The molecule has 3 amide bonds. The zero-order valence-electron chi connectivity index (χ0n) is 20.0. The van der Waals surface area contributed by atoms with Crippen LogP contribution in [0.4, 0.5) is 8.78 Å². The first kappa shape index (κ1) is 23.5. The van der Waals surface area contributed by atoms with E-state index in [2.05, 4.69) is 0 Å². The molecule has 1 unspecified atom stereocenters. The number of amides is 3. The minimum absolute atomic E-state index is 0.0221. The van der Waals surface area contributed by atoms with Crippen LogP contribution in [0.25, 0.3) is 0 Å². The molecular formula is C27H29F2N3O3. The average Bonchev–Trinajstić information content (AvgIpc) is 2.77. The molecule has 2 saturated heterocycles. The van der Waals surface area contributed by atoms with Crippen molar-refractivity contribution in [2.24, 2.45) is 0 Å². The first-order valence-corrected chi connectivity index (χ1v) is 12.2. The Labute approximate surface area is 203 Å². The van der Waals surface area contributed by atoms with Crippen LogP contribution in [0.1, 0.15) is 65.3 Å². The van der Waals surface area contributed by atoms with Gasteiger partial charge in [0, 0.05) is 49.4 Å². The number of nitrogens with zero attached hydrogens (tertiary/aromatic N) is 3. The lowest BCUT2D eigenvalue weighted by Crippen LogP contribution is -2.68. The van der Waals surface area contributed by atoms with E-state index in [0.717, 1.165) is 30.2 Å². The molecule has 0 N–H and O–H groups in total. The maximum atomic E-state index is 13.8. The Hall–Kier alpha value is -3.29. The monoisotopic (exact) mass is 481 g/mol. The number of fused-ring (bicyclic) bond motifs is 1. The summed E-state index contributed by atoms with van der Waals surface area (Å²) in [5.74, 6) is -2.67. The Morgan fingerprint density at radius 2 is 1.57 bits per heavy atom. The van der Waals surface area contributed by atoms with Crippen molar-refractivity contribution >= 4 is 17.7 Å².